The smallest absolute Gasteiger partial charge is 0.255 e. The van der Waals surface area contributed by atoms with Crippen molar-refractivity contribution in [3.63, 3.8) is 0 Å². The zero-order valence-electron chi connectivity index (χ0n) is 27.4. The number of carbonyl (C=O) groups excluding carboxylic acids is 2. The van der Waals surface area contributed by atoms with Crippen LogP contribution >= 0.6 is 23.5 Å². The standard InChI is InChI=1S/C32H44N6O2S2.C2H6/c1-31(2,3)21-15-23(35)27(41-12-10-33)25(17-21)37-29(39)19-8-7-9-20(14-19)30(40)38-26-18-22(32(4,5)6)16-24(36)28(26)42-13-11-34;1-2/h7-9,14-18H,10-13,33-36H2,1-6H3,(H,37,39)(H,38,40);1-2H3. The molecule has 44 heavy (non-hydrogen) atoms. The summed E-state index contributed by atoms with van der Waals surface area (Å²) < 4.78 is 0. The number of carbonyl (C=O) groups is 2. The molecule has 0 atom stereocenters. The summed E-state index contributed by atoms with van der Waals surface area (Å²) in [6.45, 7) is 17.5. The monoisotopic (exact) mass is 638 g/mol. The third-order valence-corrected chi connectivity index (χ3v) is 8.95. The van der Waals surface area contributed by atoms with Gasteiger partial charge < -0.3 is 33.6 Å². The van der Waals surface area contributed by atoms with Gasteiger partial charge in [-0.1, -0.05) is 61.5 Å². The Balaban J connectivity index is 0.00000330. The molecule has 0 bridgehead atoms. The maximum Gasteiger partial charge on any atom is 0.255 e. The van der Waals surface area contributed by atoms with Crippen LogP contribution in [0.25, 0.3) is 0 Å². The number of nitrogens with two attached hydrogens (primary N) is 4. The molecule has 0 aliphatic rings. The molecule has 240 valence electrons. The van der Waals surface area contributed by atoms with E-state index in [1.165, 1.54) is 23.5 Å². The molecular formula is C34H50N6O2S2. The van der Waals surface area contributed by atoms with Crippen LogP contribution in [0.4, 0.5) is 22.7 Å². The van der Waals surface area contributed by atoms with E-state index in [9.17, 15) is 9.59 Å². The van der Waals surface area contributed by atoms with E-state index in [-0.39, 0.29) is 22.6 Å². The first-order valence-electron chi connectivity index (χ1n) is 14.9. The van der Waals surface area contributed by atoms with Crippen molar-refractivity contribution in [3.8, 4) is 0 Å². The molecule has 10 heteroatoms. The molecule has 0 saturated carbocycles. The Kier molecular flexibility index (Phi) is 13.6. The van der Waals surface area contributed by atoms with E-state index >= 15 is 0 Å². The summed E-state index contributed by atoms with van der Waals surface area (Å²) in [6.07, 6.45) is 0. The highest BCUT2D eigenvalue weighted by molar-refractivity contribution is 7.99. The maximum absolute atomic E-state index is 13.5. The predicted molar refractivity (Wildman–Crippen MR) is 192 cm³/mol. The van der Waals surface area contributed by atoms with Gasteiger partial charge in [-0.05, 0) is 64.4 Å². The van der Waals surface area contributed by atoms with Crippen molar-refractivity contribution in [2.24, 2.45) is 11.5 Å². The van der Waals surface area contributed by atoms with Gasteiger partial charge in [0.05, 0.1) is 21.2 Å². The third-order valence-electron chi connectivity index (χ3n) is 6.58. The molecule has 0 fully saturated rings. The van der Waals surface area contributed by atoms with Gasteiger partial charge in [0.2, 0.25) is 0 Å². The molecule has 0 spiro atoms. The molecule has 3 aromatic rings. The van der Waals surface area contributed by atoms with Crippen LogP contribution in [-0.4, -0.2) is 36.4 Å². The van der Waals surface area contributed by atoms with Crippen molar-refractivity contribution in [2.75, 3.05) is 46.7 Å². The topological polar surface area (TPSA) is 162 Å². The van der Waals surface area contributed by atoms with E-state index in [4.69, 9.17) is 22.9 Å². The van der Waals surface area contributed by atoms with Crippen molar-refractivity contribution >= 4 is 58.1 Å². The van der Waals surface area contributed by atoms with E-state index in [1.54, 1.807) is 24.3 Å². The number of hydrogen-bond donors (Lipinski definition) is 6. The lowest BCUT2D eigenvalue weighted by atomic mass is 9.86. The molecule has 0 radical (unpaired) electrons. The minimum Gasteiger partial charge on any atom is -0.398 e. The van der Waals surface area contributed by atoms with Crippen molar-refractivity contribution in [2.45, 2.75) is 76.0 Å². The summed E-state index contributed by atoms with van der Waals surface area (Å²) in [5.74, 6) is 0.625. The van der Waals surface area contributed by atoms with E-state index in [1.807, 2.05) is 38.1 Å². The second-order valence-electron chi connectivity index (χ2n) is 12.1. The fourth-order valence-corrected chi connectivity index (χ4v) is 5.82. The predicted octanol–water partition coefficient (Wildman–Crippen LogP) is 7.08. The van der Waals surface area contributed by atoms with Gasteiger partial charge in [-0.2, -0.15) is 0 Å². The second kappa shape index (κ2) is 16.2. The van der Waals surface area contributed by atoms with Crippen molar-refractivity contribution < 1.29 is 9.59 Å². The quantitative estimate of drug-likeness (QED) is 0.101. The normalized spacial score (nSPS) is 11.4. The van der Waals surface area contributed by atoms with Gasteiger partial charge in [0.25, 0.3) is 11.8 Å². The number of rotatable bonds is 10. The number of thioether (sulfide) groups is 2. The largest absolute Gasteiger partial charge is 0.398 e. The molecule has 2 amide bonds. The van der Waals surface area contributed by atoms with Gasteiger partial charge in [-0.25, -0.2) is 0 Å². The Morgan fingerprint density at radius 1 is 0.659 bits per heavy atom. The molecule has 8 nitrogen and oxygen atoms in total. The fourth-order valence-electron chi connectivity index (χ4n) is 4.19. The van der Waals surface area contributed by atoms with Crippen LogP contribution in [0.2, 0.25) is 0 Å². The first-order chi connectivity index (χ1) is 20.6. The molecule has 10 N–H and O–H groups in total. The van der Waals surface area contributed by atoms with Gasteiger partial charge >= 0.3 is 0 Å². The SMILES string of the molecule is CC.CC(C)(C)c1cc(N)c(SCCN)c(NC(=O)c2cccc(C(=O)Nc3cc(C(C)(C)C)cc(N)c3SCCN)c2)c1. The summed E-state index contributed by atoms with van der Waals surface area (Å²) in [4.78, 5) is 28.5. The minimum atomic E-state index is -0.345. The van der Waals surface area contributed by atoms with Crippen LogP contribution < -0.4 is 33.6 Å². The Morgan fingerprint density at radius 2 is 1.02 bits per heavy atom. The molecule has 0 aromatic heterocycles. The lowest BCUT2D eigenvalue weighted by molar-refractivity contribution is 0.102. The highest BCUT2D eigenvalue weighted by Crippen LogP contribution is 2.39. The van der Waals surface area contributed by atoms with Crippen molar-refractivity contribution in [3.05, 3.63) is 70.8 Å². The molecule has 0 aliphatic heterocycles. The number of amides is 2. The van der Waals surface area contributed by atoms with Crippen LogP contribution in [-0.2, 0) is 10.8 Å². The van der Waals surface area contributed by atoms with Gasteiger partial charge in [0.15, 0.2) is 0 Å². The lowest BCUT2D eigenvalue weighted by Crippen LogP contribution is -2.19. The highest BCUT2D eigenvalue weighted by atomic mass is 32.2. The molecule has 0 heterocycles. The molecule has 0 aliphatic carbocycles. The Hall–Kier alpha value is -3.18. The third kappa shape index (κ3) is 9.92. The highest BCUT2D eigenvalue weighted by Gasteiger charge is 2.22. The fraction of sp³-hybridized carbons (Fsp3) is 0.412. The van der Waals surface area contributed by atoms with Gasteiger partial charge in [-0.15, -0.1) is 23.5 Å². The molecule has 3 aromatic carbocycles. The molecular weight excluding hydrogens is 589 g/mol. The lowest BCUT2D eigenvalue weighted by Gasteiger charge is -2.23. The molecule has 0 unspecified atom stereocenters. The second-order valence-corrected chi connectivity index (χ2v) is 14.4. The van der Waals surface area contributed by atoms with Gasteiger partial charge in [-0.3, -0.25) is 9.59 Å². The van der Waals surface area contributed by atoms with Crippen molar-refractivity contribution in [1.82, 2.24) is 0 Å². The van der Waals surface area contributed by atoms with Gasteiger partial charge in [0, 0.05) is 47.1 Å². The average Bonchev–Trinajstić information content (AvgIpc) is 2.96. The Bertz CT molecular complexity index is 1340. The maximum atomic E-state index is 13.5. The van der Waals surface area contributed by atoms with E-state index < -0.39 is 0 Å². The summed E-state index contributed by atoms with van der Waals surface area (Å²) in [6, 6.07) is 14.4. The first-order valence-corrected chi connectivity index (χ1v) is 16.9. The number of anilines is 4. The van der Waals surface area contributed by atoms with Crippen LogP contribution in [0.15, 0.2) is 58.3 Å². The Morgan fingerprint density at radius 3 is 1.34 bits per heavy atom. The number of nitrogens with one attached hydrogen (secondary N) is 2. The zero-order valence-corrected chi connectivity index (χ0v) is 29.0. The van der Waals surface area contributed by atoms with Crippen LogP contribution in [0.5, 0.6) is 0 Å². The summed E-state index contributed by atoms with van der Waals surface area (Å²) in [5.41, 5.74) is 29.1. The summed E-state index contributed by atoms with van der Waals surface area (Å²) in [7, 11) is 0. The zero-order chi connectivity index (χ0) is 33.2. The summed E-state index contributed by atoms with van der Waals surface area (Å²) >= 11 is 3.00. The number of benzene rings is 3. The first kappa shape index (κ1) is 37.0. The molecule has 0 saturated heterocycles. The number of nitrogen functional groups attached to an aromatic ring is 2. The van der Waals surface area contributed by atoms with Crippen LogP contribution in [0, 0.1) is 0 Å². The van der Waals surface area contributed by atoms with E-state index in [2.05, 4.69) is 52.2 Å². The minimum absolute atomic E-state index is 0.169. The van der Waals surface area contributed by atoms with E-state index in [0.29, 0.717) is 58.5 Å². The van der Waals surface area contributed by atoms with Crippen molar-refractivity contribution in [1.29, 1.82) is 0 Å². The molecule has 3 rings (SSSR count). The van der Waals surface area contributed by atoms with Gasteiger partial charge in [0.1, 0.15) is 0 Å². The number of hydrogen-bond acceptors (Lipinski definition) is 8. The average molecular weight is 639 g/mol. The van der Waals surface area contributed by atoms with Crippen LogP contribution in [0.3, 0.4) is 0 Å². The Labute approximate surface area is 271 Å². The summed E-state index contributed by atoms with van der Waals surface area (Å²) in [5, 5.41) is 6.05. The van der Waals surface area contributed by atoms with Crippen LogP contribution in [0.1, 0.15) is 87.2 Å². The van der Waals surface area contributed by atoms with E-state index in [0.717, 1.165) is 20.9 Å².